The summed E-state index contributed by atoms with van der Waals surface area (Å²) in [5, 5.41) is 11.5. The average molecular weight is 270 g/mol. The van der Waals surface area contributed by atoms with E-state index in [9.17, 15) is 14.4 Å². The number of ether oxygens (including phenoxy) is 1. The molecule has 106 valence electrons. The number of carboxylic acid groups (broad SMARTS) is 1. The number of Topliss-reactive ketones (excluding diaryl/α,β-unsaturated/α-hetero) is 1. The van der Waals surface area contributed by atoms with Gasteiger partial charge < -0.3 is 20.9 Å². The third-order valence-corrected chi connectivity index (χ3v) is 3.64. The van der Waals surface area contributed by atoms with Gasteiger partial charge in [0.05, 0.1) is 12.1 Å². The van der Waals surface area contributed by atoms with E-state index in [-0.39, 0.29) is 30.3 Å². The predicted octanol–water partition coefficient (Wildman–Crippen LogP) is -0.960. The molecule has 1 saturated carbocycles. The number of carboxylic acids is 1. The minimum absolute atomic E-state index is 0.00261. The first kappa shape index (κ1) is 14.0. The first-order valence-electron chi connectivity index (χ1n) is 6.37. The Balaban J connectivity index is 1.92. The van der Waals surface area contributed by atoms with E-state index in [0.29, 0.717) is 12.8 Å². The smallest absolute Gasteiger partial charge is 0.326 e. The maximum Gasteiger partial charge on any atom is 0.326 e. The first-order chi connectivity index (χ1) is 8.90. The Hall–Kier alpha value is -1.47. The lowest BCUT2D eigenvalue weighted by Gasteiger charge is -2.23. The highest BCUT2D eigenvalue weighted by Gasteiger charge is 2.53. The summed E-state index contributed by atoms with van der Waals surface area (Å²) >= 11 is 0. The number of nitrogens with one attached hydrogen (secondary N) is 1. The van der Waals surface area contributed by atoms with Crippen LogP contribution in [0.15, 0.2) is 0 Å². The zero-order valence-corrected chi connectivity index (χ0v) is 10.7. The van der Waals surface area contributed by atoms with Crippen LogP contribution in [0.1, 0.15) is 26.2 Å². The normalized spacial score (nSPS) is 32.1. The van der Waals surface area contributed by atoms with Gasteiger partial charge in [-0.15, -0.1) is 0 Å². The summed E-state index contributed by atoms with van der Waals surface area (Å²) in [6, 6.07) is -1.73. The van der Waals surface area contributed by atoms with Crippen molar-refractivity contribution < 1.29 is 24.2 Å². The minimum atomic E-state index is -1.09. The number of fused-ring (bicyclic) bond motifs is 1. The summed E-state index contributed by atoms with van der Waals surface area (Å²) in [5.74, 6) is -1.50. The number of epoxide rings is 1. The first-order valence-corrected chi connectivity index (χ1v) is 6.37. The second kappa shape index (κ2) is 5.26. The van der Waals surface area contributed by atoms with Gasteiger partial charge in [-0.25, -0.2) is 4.79 Å². The molecule has 5 atom stereocenters. The highest BCUT2D eigenvalue weighted by atomic mass is 16.6. The van der Waals surface area contributed by atoms with Crippen LogP contribution in [0.5, 0.6) is 0 Å². The van der Waals surface area contributed by atoms with E-state index in [4.69, 9.17) is 15.6 Å². The zero-order valence-electron chi connectivity index (χ0n) is 10.7. The average Bonchev–Trinajstić information content (AvgIpc) is 3.11. The van der Waals surface area contributed by atoms with E-state index in [1.54, 1.807) is 0 Å². The fourth-order valence-corrected chi connectivity index (χ4v) is 2.45. The van der Waals surface area contributed by atoms with Crippen molar-refractivity contribution in [1.29, 1.82) is 0 Å². The lowest BCUT2D eigenvalue weighted by molar-refractivity contribution is -0.142. The Bertz CT molecular complexity index is 409. The molecule has 0 radical (unpaired) electrons. The largest absolute Gasteiger partial charge is 0.480 e. The van der Waals surface area contributed by atoms with Gasteiger partial charge in [0.1, 0.15) is 12.1 Å². The summed E-state index contributed by atoms with van der Waals surface area (Å²) in [7, 11) is 0. The van der Waals surface area contributed by atoms with Gasteiger partial charge >= 0.3 is 5.97 Å². The number of aliphatic carboxylic acids is 1. The van der Waals surface area contributed by atoms with Crippen LogP contribution in [-0.4, -0.2) is 47.1 Å². The molecule has 1 aliphatic heterocycles. The molecule has 7 heteroatoms. The van der Waals surface area contributed by atoms with Crippen LogP contribution in [0.2, 0.25) is 0 Å². The molecule has 2 rings (SSSR count). The molecule has 0 spiro atoms. The van der Waals surface area contributed by atoms with Gasteiger partial charge in [-0.2, -0.15) is 0 Å². The van der Waals surface area contributed by atoms with Gasteiger partial charge in [-0.3, -0.25) is 9.59 Å². The molecule has 2 fully saturated rings. The van der Waals surface area contributed by atoms with Crippen molar-refractivity contribution in [3.63, 3.8) is 0 Å². The van der Waals surface area contributed by atoms with Gasteiger partial charge in [-0.05, 0) is 25.7 Å². The van der Waals surface area contributed by atoms with Crippen molar-refractivity contribution in [2.45, 2.75) is 50.5 Å². The van der Waals surface area contributed by atoms with Crippen LogP contribution < -0.4 is 11.1 Å². The molecular formula is C12H18N2O5. The molecule has 1 heterocycles. The summed E-state index contributed by atoms with van der Waals surface area (Å²) in [6.45, 7) is 1.49. The number of ketones is 1. The number of hydrogen-bond acceptors (Lipinski definition) is 5. The Morgan fingerprint density at radius 1 is 1.58 bits per heavy atom. The van der Waals surface area contributed by atoms with E-state index in [1.165, 1.54) is 6.92 Å². The van der Waals surface area contributed by atoms with Crippen molar-refractivity contribution in [3.8, 4) is 0 Å². The van der Waals surface area contributed by atoms with Crippen molar-refractivity contribution in [2.24, 2.45) is 11.7 Å². The molecule has 0 bridgehead atoms. The molecule has 0 unspecified atom stereocenters. The van der Waals surface area contributed by atoms with Crippen LogP contribution in [0.25, 0.3) is 0 Å². The molecule has 0 aromatic heterocycles. The summed E-state index contributed by atoms with van der Waals surface area (Å²) in [6.07, 6.45) is 0.770. The standard InChI is InChI=1S/C12H18N2O5/c1-5(13)11(16)14-7(12(17)18)4-6-2-3-8(15)10-9(6)19-10/h5-7,9-10H,2-4,13H2,1H3,(H,14,16)(H,17,18)/t5-,6+,7+,9+,10-/m0/s1. The second-order valence-corrected chi connectivity index (χ2v) is 5.21. The van der Waals surface area contributed by atoms with Gasteiger partial charge in [0.25, 0.3) is 0 Å². The number of carbonyl (C=O) groups excluding carboxylic acids is 2. The van der Waals surface area contributed by atoms with E-state index in [2.05, 4.69) is 5.32 Å². The fourth-order valence-electron chi connectivity index (χ4n) is 2.45. The summed E-state index contributed by atoms with van der Waals surface area (Å²) in [4.78, 5) is 34.0. The van der Waals surface area contributed by atoms with Crippen molar-refractivity contribution in [2.75, 3.05) is 0 Å². The number of hydrogen-bond donors (Lipinski definition) is 3. The van der Waals surface area contributed by atoms with Crippen LogP contribution in [0.4, 0.5) is 0 Å². The molecular weight excluding hydrogens is 252 g/mol. The van der Waals surface area contributed by atoms with Crippen molar-refractivity contribution in [1.82, 2.24) is 5.32 Å². The van der Waals surface area contributed by atoms with E-state index >= 15 is 0 Å². The van der Waals surface area contributed by atoms with Crippen LogP contribution in [0.3, 0.4) is 0 Å². The van der Waals surface area contributed by atoms with Crippen LogP contribution >= 0.6 is 0 Å². The van der Waals surface area contributed by atoms with Gasteiger partial charge in [-0.1, -0.05) is 0 Å². The monoisotopic (exact) mass is 270 g/mol. The molecule has 0 aromatic carbocycles. The number of rotatable bonds is 5. The molecule has 19 heavy (non-hydrogen) atoms. The third kappa shape index (κ3) is 3.10. The molecule has 1 aliphatic carbocycles. The molecule has 1 amide bonds. The van der Waals surface area contributed by atoms with Crippen molar-refractivity contribution >= 4 is 17.7 Å². The SMILES string of the molecule is C[C@H](N)C(=O)N[C@H](C[C@H]1CCC(=O)[C@@H]2O[C@H]12)C(=O)O. The van der Waals surface area contributed by atoms with E-state index < -0.39 is 24.0 Å². The second-order valence-electron chi connectivity index (χ2n) is 5.21. The Labute approximate surface area is 110 Å². The Kier molecular flexibility index (Phi) is 3.86. The Morgan fingerprint density at radius 3 is 2.84 bits per heavy atom. The lowest BCUT2D eigenvalue weighted by atomic mass is 9.84. The van der Waals surface area contributed by atoms with Crippen LogP contribution in [0, 0.1) is 5.92 Å². The van der Waals surface area contributed by atoms with Gasteiger partial charge in [0.15, 0.2) is 5.78 Å². The highest BCUT2D eigenvalue weighted by Crippen LogP contribution is 2.40. The topological polar surface area (TPSA) is 122 Å². The predicted molar refractivity (Wildman–Crippen MR) is 64.2 cm³/mol. The fraction of sp³-hybridized carbons (Fsp3) is 0.750. The summed E-state index contributed by atoms with van der Waals surface area (Å²) in [5.41, 5.74) is 5.40. The maximum absolute atomic E-state index is 11.5. The molecule has 1 saturated heterocycles. The lowest BCUT2D eigenvalue weighted by Crippen LogP contribution is -2.48. The maximum atomic E-state index is 11.5. The number of amides is 1. The highest BCUT2D eigenvalue weighted by molar-refractivity contribution is 5.87. The van der Waals surface area contributed by atoms with Gasteiger partial charge in [0, 0.05) is 6.42 Å². The summed E-state index contributed by atoms with van der Waals surface area (Å²) < 4.78 is 5.26. The quantitative estimate of drug-likeness (QED) is 0.553. The molecule has 2 aliphatic rings. The zero-order chi connectivity index (χ0) is 14.2. The van der Waals surface area contributed by atoms with Crippen LogP contribution in [-0.2, 0) is 19.1 Å². The minimum Gasteiger partial charge on any atom is -0.480 e. The van der Waals surface area contributed by atoms with Gasteiger partial charge in [0.2, 0.25) is 5.91 Å². The molecule has 4 N–H and O–H groups in total. The Morgan fingerprint density at radius 2 is 2.26 bits per heavy atom. The molecule has 7 nitrogen and oxygen atoms in total. The molecule has 0 aromatic rings. The van der Waals surface area contributed by atoms with E-state index in [0.717, 1.165) is 0 Å². The third-order valence-electron chi connectivity index (χ3n) is 3.64. The number of carbonyl (C=O) groups is 3. The van der Waals surface area contributed by atoms with E-state index in [1.807, 2.05) is 0 Å². The number of nitrogens with two attached hydrogens (primary N) is 1. The van der Waals surface area contributed by atoms with Crippen molar-refractivity contribution in [3.05, 3.63) is 0 Å².